The summed E-state index contributed by atoms with van der Waals surface area (Å²) in [6, 6.07) is 15.2. The molecule has 94 valence electrons. The number of ether oxygens (including phenoxy) is 1. The van der Waals surface area contributed by atoms with Gasteiger partial charge in [-0.15, -0.1) is 0 Å². The molecular weight excluding hydrogens is 314 g/mol. The van der Waals surface area contributed by atoms with Crippen LogP contribution in [0.1, 0.15) is 11.7 Å². The van der Waals surface area contributed by atoms with Gasteiger partial charge in [0.05, 0.1) is 4.47 Å². The summed E-state index contributed by atoms with van der Waals surface area (Å²) in [4.78, 5) is 0. The van der Waals surface area contributed by atoms with Crippen molar-refractivity contribution in [1.29, 1.82) is 0 Å². The van der Waals surface area contributed by atoms with Crippen LogP contribution in [0.3, 0.4) is 0 Å². The lowest BCUT2D eigenvalue weighted by molar-refractivity contribution is 0.213. The van der Waals surface area contributed by atoms with Crippen LogP contribution in [0.2, 0.25) is 5.02 Å². The maximum atomic E-state index is 6.16. The van der Waals surface area contributed by atoms with Gasteiger partial charge in [-0.25, -0.2) is 0 Å². The smallest absolute Gasteiger partial charge is 0.137 e. The summed E-state index contributed by atoms with van der Waals surface area (Å²) in [5.41, 5.74) is 6.67. The molecule has 2 N–H and O–H groups in total. The highest BCUT2D eigenvalue weighted by atomic mass is 79.9. The van der Waals surface area contributed by atoms with Crippen molar-refractivity contribution in [3.8, 4) is 5.75 Å². The molecule has 0 bridgehead atoms. The normalized spacial score (nSPS) is 12.2. The first-order valence-electron chi connectivity index (χ1n) is 5.58. The molecule has 0 saturated carbocycles. The van der Waals surface area contributed by atoms with Crippen molar-refractivity contribution in [2.75, 3.05) is 6.54 Å². The van der Waals surface area contributed by atoms with Gasteiger partial charge >= 0.3 is 0 Å². The molecule has 0 aliphatic carbocycles. The lowest BCUT2D eigenvalue weighted by Crippen LogP contribution is -2.19. The van der Waals surface area contributed by atoms with E-state index in [1.165, 1.54) is 0 Å². The SMILES string of the molecule is NCC(Oc1ccccc1Br)c1ccccc1Cl. The molecule has 1 atom stereocenters. The van der Waals surface area contributed by atoms with Gasteiger partial charge in [-0.05, 0) is 34.1 Å². The molecule has 4 heteroatoms. The third kappa shape index (κ3) is 3.05. The largest absolute Gasteiger partial charge is 0.483 e. The first-order chi connectivity index (χ1) is 8.72. The lowest BCUT2D eigenvalue weighted by atomic mass is 10.1. The summed E-state index contributed by atoms with van der Waals surface area (Å²) >= 11 is 9.60. The van der Waals surface area contributed by atoms with Crippen LogP contribution in [0, 0.1) is 0 Å². The number of rotatable bonds is 4. The van der Waals surface area contributed by atoms with E-state index in [0.717, 1.165) is 15.8 Å². The highest BCUT2D eigenvalue weighted by molar-refractivity contribution is 9.10. The number of hydrogen-bond acceptors (Lipinski definition) is 2. The Morgan fingerprint density at radius 2 is 1.78 bits per heavy atom. The monoisotopic (exact) mass is 325 g/mol. The maximum Gasteiger partial charge on any atom is 0.137 e. The molecule has 2 aromatic rings. The van der Waals surface area contributed by atoms with Gasteiger partial charge < -0.3 is 10.5 Å². The Balaban J connectivity index is 2.26. The van der Waals surface area contributed by atoms with Gasteiger partial charge in [0.2, 0.25) is 0 Å². The number of para-hydroxylation sites is 1. The van der Waals surface area contributed by atoms with Gasteiger partial charge in [0.15, 0.2) is 0 Å². The van der Waals surface area contributed by atoms with Crippen molar-refractivity contribution in [3.63, 3.8) is 0 Å². The van der Waals surface area contributed by atoms with Gasteiger partial charge in [0.25, 0.3) is 0 Å². The second-order valence-corrected chi connectivity index (χ2v) is 5.06. The lowest BCUT2D eigenvalue weighted by Gasteiger charge is -2.19. The van der Waals surface area contributed by atoms with E-state index in [1.54, 1.807) is 0 Å². The molecule has 1 unspecified atom stereocenters. The maximum absolute atomic E-state index is 6.16. The van der Waals surface area contributed by atoms with E-state index < -0.39 is 0 Å². The zero-order valence-electron chi connectivity index (χ0n) is 9.64. The van der Waals surface area contributed by atoms with Crippen LogP contribution < -0.4 is 10.5 Å². The van der Waals surface area contributed by atoms with E-state index in [-0.39, 0.29) is 6.10 Å². The van der Waals surface area contributed by atoms with Crippen molar-refractivity contribution in [2.45, 2.75) is 6.10 Å². The molecule has 0 aliphatic rings. The minimum Gasteiger partial charge on any atom is -0.483 e. The molecule has 0 spiro atoms. The van der Waals surface area contributed by atoms with E-state index in [1.807, 2.05) is 48.5 Å². The van der Waals surface area contributed by atoms with Gasteiger partial charge in [-0.2, -0.15) is 0 Å². The molecule has 2 aromatic carbocycles. The number of halogens is 2. The summed E-state index contributed by atoms with van der Waals surface area (Å²) in [6.45, 7) is 0.366. The van der Waals surface area contributed by atoms with Crippen LogP contribution in [-0.2, 0) is 0 Å². The Hall–Kier alpha value is -1.03. The van der Waals surface area contributed by atoms with Crippen LogP contribution in [0.25, 0.3) is 0 Å². The molecule has 0 heterocycles. The van der Waals surface area contributed by atoms with Crippen molar-refractivity contribution < 1.29 is 4.74 Å². The molecule has 0 amide bonds. The standard InChI is InChI=1S/C14H13BrClNO/c15-11-6-2-4-8-13(11)18-14(9-17)10-5-1-3-7-12(10)16/h1-8,14H,9,17H2. The molecule has 0 aliphatic heterocycles. The summed E-state index contributed by atoms with van der Waals surface area (Å²) in [6.07, 6.45) is -0.252. The topological polar surface area (TPSA) is 35.2 Å². The number of benzene rings is 2. The average molecular weight is 327 g/mol. The third-order valence-electron chi connectivity index (χ3n) is 2.57. The van der Waals surface area contributed by atoms with E-state index in [9.17, 15) is 0 Å². The quantitative estimate of drug-likeness (QED) is 0.914. The molecule has 2 rings (SSSR count). The van der Waals surface area contributed by atoms with Crippen molar-refractivity contribution in [3.05, 3.63) is 63.6 Å². The second-order valence-electron chi connectivity index (χ2n) is 3.79. The zero-order chi connectivity index (χ0) is 13.0. The van der Waals surface area contributed by atoms with Crippen LogP contribution in [-0.4, -0.2) is 6.54 Å². The predicted molar refractivity (Wildman–Crippen MR) is 78.0 cm³/mol. The molecule has 0 fully saturated rings. The van der Waals surface area contributed by atoms with Crippen molar-refractivity contribution in [1.82, 2.24) is 0 Å². The van der Waals surface area contributed by atoms with Crippen LogP contribution >= 0.6 is 27.5 Å². The fraction of sp³-hybridized carbons (Fsp3) is 0.143. The zero-order valence-corrected chi connectivity index (χ0v) is 12.0. The van der Waals surface area contributed by atoms with Gasteiger partial charge in [0, 0.05) is 17.1 Å². The van der Waals surface area contributed by atoms with E-state index in [4.69, 9.17) is 22.1 Å². The predicted octanol–water partition coefficient (Wildman–Crippen LogP) is 4.18. The average Bonchev–Trinajstić information content (AvgIpc) is 2.39. The third-order valence-corrected chi connectivity index (χ3v) is 3.57. The van der Waals surface area contributed by atoms with E-state index in [2.05, 4.69) is 15.9 Å². The molecule has 2 nitrogen and oxygen atoms in total. The minimum atomic E-state index is -0.252. The van der Waals surface area contributed by atoms with E-state index in [0.29, 0.717) is 11.6 Å². The Morgan fingerprint density at radius 1 is 1.11 bits per heavy atom. The minimum absolute atomic E-state index is 0.252. The fourth-order valence-electron chi connectivity index (χ4n) is 1.67. The highest BCUT2D eigenvalue weighted by Crippen LogP contribution is 2.31. The Morgan fingerprint density at radius 3 is 2.44 bits per heavy atom. The fourth-order valence-corrected chi connectivity index (χ4v) is 2.30. The van der Waals surface area contributed by atoms with Gasteiger partial charge in [0.1, 0.15) is 11.9 Å². The van der Waals surface area contributed by atoms with Gasteiger partial charge in [-0.3, -0.25) is 0 Å². The summed E-state index contributed by atoms with van der Waals surface area (Å²) in [5, 5.41) is 0.667. The Kier molecular flexibility index (Phi) is 4.64. The second kappa shape index (κ2) is 6.23. The van der Waals surface area contributed by atoms with E-state index >= 15 is 0 Å². The summed E-state index contributed by atoms with van der Waals surface area (Å²) < 4.78 is 6.80. The Bertz CT molecular complexity index is 533. The van der Waals surface area contributed by atoms with Crippen LogP contribution in [0.4, 0.5) is 0 Å². The Labute approximate surface area is 120 Å². The van der Waals surface area contributed by atoms with Crippen molar-refractivity contribution >= 4 is 27.5 Å². The molecule has 0 aromatic heterocycles. The first kappa shape index (κ1) is 13.4. The summed E-state index contributed by atoms with van der Waals surface area (Å²) in [7, 11) is 0. The van der Waals surface area contributed by atoms with Crippen LogP contribution in [0.5, 0.6) is 5.75 Å². The molecule has 18 heavy (non-hydrogen) atoms. The van der Waals surface area contributed by atoms with Crippen LogP contribution in [0.15, 0.2) is 53.0 Å². The number of hydrogen-bond donors (Lipinski definition) is 1. The van der Waals surface area contributed by atoms with Crippen molar-refractivity contribution in [2.24, 2.45) is 5.73 Å². The molecule has 0 radical (unpaired) electrons. The summed E-state index contributed by atoms with van der Waals surface area (Å²) in [5.74, 6) is 0.757. The highest BCUT2D eigenvalue weighted by Gasteiger charge is 2.15. The molecule has 0 saturated heterocycles. The first-order valence-corrected chi connectivity index (χ1v) is 6.75. The van der Waals surface area contributed by atoms with Gasteiger partial charge in [-0.1, -0.05) is 41.9 Å². The number of nitrogens with two attached hydrogens (primary N) is 1. The molecular formula is C14H13BrClNO.